The number of nitrogens with zero attached hydrogens (tertiary/aromatic N) is 4. The smallest absolute Gasteiger partial charge is 0.269 e. The Balaban J connectivity index is 1.58. The summed E-state index contributed by atoms with van der Waals surface area (Å²) < 4.78 is 0. The fourth-order valence-corrected chi connectivity index (χ4v) is 4.32. The zero-order valence-corrected chi connectivity index (χ0v) is 17.1. The maximum atomic E-state index is 12.9. The van der Waals surface area contributed by atoms with Crippen molar-refractivity contribution >= 4 is 11.6 Å². The Bertz CT molecular complexity index is 932. The molecular weight excluding hydrogens is 380 g/mol. The quantitative estimate of drug-likeness (QED) is 0.411. The molecule has 3 aliphatic rings. The third-order valence-electron chi connectivity index (χ3n) is 5.93. The maximum absolute atomic E-state index is 12.9. The molecule has 2 atom stereocenters. The van der Waals surface area contributed by atoms with Crippen LogP contribution in [-0.2, 0) is 4.79 Å². The monoisotopic (exact) mass is 406 g/mol. The van der Waals surface area contributed by atoms with Crippen LogP contribution in [0, 0.1) is 10.1 Å². The normalized spacial score (nSPS) is 23.1. The first-order valence-electron chi connectivity index (χ1n) is 10.5. The van der Waals surface area contributed by atoms with Gasteiger partial charge in [0.2, 0.25) is 5.91 Å². The largest absolute Gasteiger partial charge is 0.336 e. The summed E-state index contributed by atoms with van der Waals surface area (Å²) in [6.45, 7) is 2.94. The lowest BCUT2D eigenvalue weighted by Gasteiger charge is -2.35. The van der Waals surface area contributed by atoms with E-state index in [1.807, 2.05) is 45.5 Å². The van der Waals surface area contributed by atoms with Crippen LogP contribution in [-0.4, -0.2) is 38.3 Å². The van der Waals surface area contributed by atoms with Crippen LogP contribution in [0.2, 0.25) is 0 Å². The topological polar surface area (TPSA) is 69.9 Å². The minimum Gasteiger partial charge on any atom is -0.336 e. The van der Waals surface area contributed by atoms with Gasteiger partial charge in [-0.1, -0.05) is 13.0 Å². The Hall–Kier alpha value is -3.35. The van der Waals surface area contributed by atoms with Gasteiger partial charge in [-0.2, -0.15) is 0 Å². The van der Waals surface area contributed by atoms with Crippen LogP contribution >= 0.6 is 0 Å². The third kappa shape index (κ3) is 3.87. The number of likely N-dealkylation sites (tertiary alicyclic amines) is 1. The first-order chi connectivity index (χ1) is 14.6. The highest BCUT2D eigenvalue weighted by Gasteiger charge is 2.30. The van der Waals surface area contributed by atoms with E-state index < -0.39 is 4.92 Å². The lowest BCUT2D eigenvalue weighted by Crippen LogP contribution is -2.42. The van der Waals surface area contributed by atoms with Crippen molar-refractivity contribution in [2.24, 2.45) is 0 Å². The second kappa shape index (κ2) is 8.57. The number of nitro groups is 1. The van der Waals surface area contributed by atoms with Gasteiger partial charge in [0, 0.05) is 43.2 Å². The van der Waals surface area contributed by atoms with Gasteiger partial charge in [-0.15, -0.1) is 0 Å². The van der Waals surface area contributed by atoms with Crippen molar-refractivity contribution in [2.75, 3.05) is 6.54 Å². The average molecular weight is 406 g/mol. The van der Waals surface area contributed by atoms with Crippen LogP contribution in [0.5, 0.6) is 0 Å². The highest BCUT2D eigenvalue weighted by Crippen LogP contribution is 2.36. The Morgan fingerprint density at radius 1 is 1.23 bits per heavy atom. The van der Waals surface area contributed by atoms with Crippen molar-refractivity contribution in [3.8, 4) is 0 Å². The van der Waals surface area contributed by atoms with Crippen LogP contribution in [0.25, 0.3) is 0 Å². The number of amides is 1. The van der Waals surface area contributed by atoms with Crippen molar-refractivity contribution in [1.82, 2.24) is 14.9 Å². The molecule has 0 aliphatic carbocycles. The molecule has 0 bridgehead atoms. The number of carbonyl (C=O) groups is 1. The van der Waals surface area contributed by atoms with Gasteiger partial charge in [-0.3, -0.25) is 24.9 Å². The molecule has 0 radical (unpaired) electrons. The number of non-ortho nitro benzene ring substituents is 1. The standard InChI is InChI=1S/C23H26N4O3/c1-2-19-7-3-5-14-24(19)23(28)13-16-26-22(17-21-8-4-6-15-25(21)26)18-9-11-20(12-10-18)27(29)30/h4,6,8-13,15-17,19,22H,2-3,5,7,14H2,1H3. The molecule has 1 aromatic rings. The van der Waals surface area contributed by atoms with E-state index in [2.05, 4.69) is 13.0 Å². The minimum absolute atomic E-state index is 0.0361. The molecule has 30 heavy (non-hydrogen) atoms. The maximum Gasteiger partial charge on any atom is 0.269 e. The minimum atomic E-state index is -0.398. The molecule has 1 amide bonds. The fraction of sp³-hybridized carbons (Fsp3) is 0.348. The van der Waals surface area contributed by atoms with Gasteiger partial charge in [0.05, 0.1) is 16.7 Å². The predicted molar refractivity (Wildman–Crippen MR) is 115 cm³/mol. The molecule has 4 rings (SSSR count). The van der Waals surface area contributed by atoms with Gasteiger partial charge in [-0.05, 0) is 61.6 Å². The van der Waals surface area contributed by atoms with Crippen LogP contribution < -0.4 is 0 Å². The van der Waals surface area contributed by atoms with Crippen LogP contribution in [0.1, 0.15) is 44.2 Å². The van der Waals surface area contributed by atoms with Crippen molar-refractivity contribution in [3.63, 3.8) is 0 Å². The summed E-state index contributed by atoms with van der Waals surface area (Å²) in [4.78, 5) is 25.5. The number of benzene rings is 1. The number of hydrogen-bond acceptors (Lipinski definition) is 5. The van der Waals surface area contributed by atoms with Gasteiger partial charge in [0.25, 0.3) is 5.69 Å². The van der Waals surface area contributed by atoms with Gasteiger partial charge in [0.15, 0.2) is 0 Å². The highest BCUT2D eigenvalue weighted by atomic mass is 16.6. The van der Waals surface area contributed by atoms with Gasteiger partial charge in [-0.25, -0.2) is 0 Å². The SMILES string of the molecule is CCC1CCCCN1C(=O)C=CN1C(c2ccc([N+](=O)[O-])cc2)C=C2C=CC=CN21. The van der Waals surface area contributed by atoms with E-state index >= 15 is 0 Å². The number of piperidine rings is 1. The number of fused-ring (bicyclic) bond motifs is 1. The van der Waals surface area contributed by atoms with Crippen molar-refractivity contribution < 1.29 is 9.72 Å². The molecule has 3 heterocycles. The molecular formula is C23H26N4O3. The summed E-state index contributed by atoms with van der Waals surface area (Å²) in [7, 11) is 0. The molecule has 7 heteroatoms. The molecule has 0 spiro atoms. The Morgan fingerprint density at radius 3 is 2.77 bits per heavy atom. The molecule has 1 saturated heterocycles. The molecule has 0 aromatic heterocycles. The average Bonchev–Trinajstić information content (AvgIpc) is 3.16. The van der Waals surface area contributed by atoms with Crippen molar-refractivity contribution in [3.05, 3.63) is 88.4 Å². The first-order valence-corrected chi connectivity index (χ1v) is 10.5. The highest BCUT2D eigenvalue weighted by molar-refractivity contribution is 5.87. The van der Waals surface area contributed by atoms with Crippen molar-refractivity contribution in [2.45, 2.75) is 44.7 Å². The number of carbonyl (C=O) groups excluding carboxylic acids is 1. The van der Waals surface area contributed by atoms with Crippen LogP contribution in [0.3, 0.4) is 0 Å². The third-order valence-corrected chi connectivity index (χ3v) is 5.93. The molecule has 0 saturated carbocycles. The zero-order valence-electron chi connectivity index (χ0n) is 17.1. The predicted octanol–water partition coefficient (Wildman–Crippen LogP) is 4.44. The van der Waals surface area contributed by atoms with E-state index in [0.717, 1.165) is 37.1 Å². The molecule has 1 fully saturated rings. The second-order valence-electron chi connectivity index (χ2n) is 7.72. The van der Waals surface area contributed by atoms with Crippen LogP contribution in [0.4, 0.5) is 5.69 Å². The lowest BCUT2D eigenvalue weighted by molar-refractivity contribution is -0.384. The van der Waals surface area contributed by atoms with Gasteiger partial charge >= 0.3 is 0 Å². The second-order valence-corrected chi connectivity index (χ2v) is 7.72. The number of hydrogen-bond donors (Lipinski definition) is 0. The number of nitro benzene ring substituents is 1. The van der Waals surface area contributed by atoms with E-state index in [-0.39, 0.29) is 17.6 Å². The molecule has 2 unspecified atom stereocenters. The lowest BCUT2D eigenvalue weighted by atomic mass is 10.00. The number of rotatable bonds is 5. The molecule has 7 nitrogen and oxygen atoms in total. The molecule has 3 aliphatic heterocycles. The Morgan fingerprint density at radius 2 is 2.03 bits per heavy atom. The summed E-state index contributed by atoms with van der Waals surface area (Å²) in [6, 6.07) is 6.73. The van der Waals surface area contributed by atoms with E-state index in [4.69, 9.17) is 0 Å². The summed E-state index contributed by atoms with van der Waals surface area (Å²) >= 11 is 0. The van der Waals surface area contributed by atoms with Crippen molar-refractivity contribution in [1.29, 1.82) is 0 Å². The zero-order chi connectivity index (χ0) is 21.1. The first kappa shape index (κ1) is 19.9. The Kier molecular flexibility index (Phi) is 5.70. The molecule has 0 N–H and O–H groups in total. The Labute approximate surface area is 176 Å². The van der Waals surface area contributed by atoms with E-state index in [1.165, 1.54) is 18.6 Å². The van der Waals surface area contributed by atoms with Crippen LogP contribution in [0.15, 0.2) is 72.7 Å². The summed E-state index contributed by atoms with van der Waals surface area (Å²) in [5.41, 5.74) is 1.99. The summed E-state index contributed by atoms with van der Waals surface area (Å²) in [5.74, 6) is 0.0361. The van der Waals surface area contributed by atoms with Gasteiger partial charge in [0.1, 0.15) is 0 Å². The number of allylic oxidation sites excluding steroid dienone is 3. The summed E-state index contributed by atoms with van der Waals surface area (Å²) in [6.07, 6.45) is 17.7. The van der Waals surface area contributed by atoms with E-state index in [1.54, 1.807) is 18.2 Å². The fourth-order valence-electron chi connectivity index (χ4n) is 4.32. The molecule has 1 aromatic carbocycles. The number of hydrazine groups is 1. The van der Waals surface area contributed by atoms with E-state index in [9.17, 15) is 14.9 Å². The molecule has 156 valence electrons. The van der Waals surface area contributed by atoms with E-state index in [0.29, 0.717) is 6.04 Å². The van der Waals surface area contributed by atoms with Gasteiger partial charge < -0.3 is 4.90 Å². The summed E-state index contributed by atoms with van der Waals surface area (Å²) in [5, 5.41) is 15.0.